The van der Waals surface area contributed by atoms with Crippen LogP contribution in [0.1, 0.15) is 17.5 Å². The van der Waals surface area contributed by atoms with Crippen molar-refractivity contribution in [3.05, 3.63) is 59.1 Å². The van der Waals surface area contributed by atoms with Gasteiger partial charge in [0.15, 0.2) is 5.16 Å². The molecular formula is C16H17ClN4S. The van der Waals surface area contributed by atoms with Gasteiger partial charge in [0, 0.05) is 29.4 Å². The fourth-order valence-electron chi connectivity index (χ4n) is 2.29. The van der Waals surface area contributed by atoms with E-state index >= 15 is 0 Å². The Hall–Kier alpha value is -1.72. The van der Waals surface area contributed by atoms with E-state index in [-0.39, 0.29) is 0 Å². The number of nitrogens with one attached hydrogen (secondary N) is 1. The van der Waals surface area contributed by atoms with Crippen LogP contribution in [0.5, 0.6) is 0 Å². The van der Waals surface area contributed by atoms with Crippen LogP contribution in [0.15, 0.2) is 48.1 Å². The van der Waals surface area contributed by atoms with Crippen LogP contribution < -0.4 is 0 Å². The summed E-state index contributed by atoms with van der Waals surface area (Å²) >= 11 is 7.98. The molecule has 2 aromatic heterocycles. The number of aromatic nitrogens is 4. The first-order valence-corrected chi connectivity index (χ1v) is 8.51. The van der Waals surface area contributed by atoms with Crippen LogP contribution >= 0.6 is 23.4 Å². The molecule has 0 unspecified atom stereocenters. The van der Waals surface area contributed by atoms with Gasteiger partial charge in [0.05, 0.1) is 11.9 Å². The lowest BCUT2D eigenvalue weighted by Gasteiger charge is -2.11. The molecule has 2 heterocycles. The lowest BCUT2D eigenvalue weighted by molar-refractivity contribution is 0.877. The van der Waals surface area contributed by atoms with E-state index in [1.165, 1.54) is 5.56 Å². The molecule has 0 atom stereocenters. The van der Waals surface area contributed by atoms with Gasteiger partial charge >= 0.3 is 0 Å². The van der Waals surface area contributed by atoms with E-state index in [1.807, 2.05) is 43.8 Å². The van der Waals surface area contributed by atoms with Gasteiger partial charge in [-0.2, -0.15) is 5.10 Å². The minimum atomic E-state index is 0.780. The number of rotatable bonds is 6. The Bertz CT molecular complexity index is 736. The zero-order valence-corrected chi connectivity index (χ0v) is 13.9. The first-order valence-electron chi connectivity index (χ1n) is 7.15. The van der Waals surface area contributed by atoms with Gasteiger partial charge in [-0.05, 0) is 43.0 Å². The van der Waals surface area contributed by atoms with E-state index in [4.69, 9.17) is 11.6 Å². The summed E-state index contributed by atoms with van der Waals surface area (Å²) in [7, 11) is 0. The molecule has 0 spiro atoms. The summed E-state index contributed by atoms with van der Waals surface area (Å²) in [6.07, 6.45) is 9.75. The maximum absolute atomic E-state index is 6.22. The molecular weight excluding hydrogens is 316 g/mol. The lowest BCUT2D eigenvalue weighted by atomic mass is 10.2. The fraction of sp³-hybridized carbons (Fsp3) is 0.250. The maximum Gasteiger partial charge on any atom is 0.172 e. The van der Waals surface area contributed by atoms with Gasteiger partial charge in [0.25, 0.3) is 0 Å². The van der Waals surface area contributed by atoms with Crippen LogP contribution in [0.25, 0.3) is 5.69 Å². The minimum Gasteiger partial charge on any atom is -0.295 e. The lowest BCUT2D eigenvalue weighted by Crippen LogP contribution is -1.99. The largest absolute Gasteiger partial charge is 0.295 e. The molecule has 0 amide bonds. The summed E-state index contributed by atoms with van der Waals surface area (Å²) in [5, 5.41) is 8.58. The minimum absolute atomic E-state index is 0.780. The van der Waals surface area contributed by atoms with Crippen molar-refractivity contribution in [1.82, 2.24) is 19.7 Å². The second kappa shape index (κ2) is 7.03. The number of thioether (sulfide) groups is 1. The fourth-order valence-corrected chi connectivity index (χ4v) is 3.37. The predicted molar refractivity (Wildman–Crippen MR) is 90.9 cm³/mol. The highest BCUT2D eigenvalue weighted by atomic mass is 35.5. The summed E-state index contributed by atoms with van der Waals surface area (Å²) in [5.41, 5.74) is 3.40. The molecule has 0 fully saturated rings. The smallest absolute Gasteiger partial charge is 0.172 e. The molecule has 22 heavy (non-hydrogen) atoms. The van der Waals surface area contributed by atoms with Crippen molar-refractivity contribution < 1.29 is 0 Å². The molecule has 3 aromatic rings. The monoisotopic (exact) mass is 332 g/mol. The van der Waals surface area contributed by atoms with Crippen LogP contribution in [0, 0.1) is 6.92 Å². The number of nitrogens with zero attached hydrogens (tertiary/aromatic N) is 3. The molecule has 1 N–H and O–H groups in total. The molecule has 0 aliphatic heterocycles. The average molecular weight is 333 g/mol. The standard InChI is InChI=1S/C16H17ClN4S/c1-12-14(17)5-2-6-15(12)21-8-7-18-16(21)22-9-3-4-13-10-19-20-11-13/h2,5-8,10-11H,3-4,9H2,1H3,(H,19,20). The second-order valence-corrected chi connectivity index (χ2v) is 6.49. The van der Waals surface area contributed by atoms with Crippen molar-refractivity contribution in [3.8, 4) is 5.69 Å². The summed E-state index contributed by atoms with van der Waals surface area (Å²) in [4.78, 5) is 4.46. The molecule has 0 bridgehead atoms. The van der Waals surface area contributed by atoms with E-state index in [0.29, 0.717) is 0 Å². The molecule has 0 aliphatic carbocycles. The molecule has 0 saturated heterocycles. The van der Waals surface area contributed by atoms with Crippen molar-refractivity contribution in [1.29, 1.82) is 0 Å². The van der Waals surface area contributed by atoms with E-state index in [2.05, 4.69) is 25.8 Å². The van der Waals surface area contributed by atoms with Crippen molar-refractivity contribution in [2.24, 2.45) is 0 Å². The highest BCUT2D eigenvalue weighted by Gasteiger charge is 2.09. The third-order valence-corrected chi connectivity index (χ3v) is 4.96. The van der Waals surface area contributed by atoms with Crippen LogP contribution in [-0.4, -0.2) is 25.5 Å². The summed E-state index contributed by atoms with van der Waals surface area (Å²) in [6.45, 7) is 2.03. The van der Waals surface area contributed by atoms with E-state index in [0.717, 1.165) is 40.0 Å². The molecule has 6 heteroatoms. The van der Waals surface area contributed by atoms with Crippen molar-refractivity contribution in [2.45, 2.75) is 24.9 Å². The number of hydrogen-bond donors (Lipinski definition) is 1. The summed E-state index contributed by atoms with van der Waals surface area (Å²) in [5.74, 6) is 1.02. The SMILES string of the molecule is Cc1c(Cl)cccc1-n1ccnc1SCCCc1cn[nH]c1. The third kappa shape index (κ3) is 3.36. The summed E-state index contributed by atoms with van der Waals surface area (Å²) < 4.78 is 2.10. The van der Waals surface area contributed by atoms with Gasteiger partial charge in [-0.15, -0.1) is 0 Å². The molecule has 114 valence electrons. The van der Waals surface area contributed by atoms with Gasteiger partial charge in [-0.25, -0.2) is 4.98 Å². The molecule has 0 saturated carbocycles. The molecule has 0 aliphatic rings. The highest BCUT2D eigenvalue weighted by molar-refractivity contribution is 7.99. The first-order chi connectivity index (χ1) is 10.8. The second-order valence-electron chi connectivity index (χ2n) is 5.02. The number of aryl methyl sites for hydroxylation is 1. The van der Waals surface area contributed by atoms with Gasteiger partial charge in [-0.3, -0.25) is 9.67 Å². The van der Waals surface area contributed by atoms with Gasteiger partial charge < -0.3 is 0 Å². The van der Waals surface area contributed by atoms with E-state index < -0.39 is 0 Å². The third-order valence-electron chi connectivity index (χ3n) is 3.50. The number of imidazole rings is 1. The molecule has 3 rings (SSSR count). The Labute approximate surface area is 138 Å². The Balaban J connectivity index is 1.66. The number of aromatic amines is 1. The zero-order valence-electron chi connectivity index (χ0n) is 12.3. The zero-order chi connectivity index (χ0) is 15.4. The van der Waals surface area contributed by atoms with Crippen molar-refractivity contribution >= 4 is 23.4 Å². The number of hydrogen-bond acceptors (Lipinski definition) is 3. The highest BCUT2D eigenvalue weighted by Crippen LogP contribution is 2.27. The molecule has 4 nitrogen and oxygen atoms in total. The van der Waals surface area contributed by atoms with Gasteiger partial charge in [-0.1, -0.05) is 29.4 Å². The van der Waals surface area contributed by atoms with Crippen LogP contribution in [0.2, 0.25) is 5.02 Å². The van der Waals surface area contributed by atoms with Crippen LogP contribution in [-0.2, 0) is 6.42 Å². The van der Waals surface area contributed by atoms with Gasteiger partial charge in [0.2, 0.25) is 0 Å². The summed E-state index contributed by atoms with van der Waals surface area (Å²) in [6, 6.07) is 5.95. The van der Waals surface area contributed by atoms with Crippen molar-refractivity contribution in [3.63, 3.8) is 0 Å². The number of halogens is 1. The van der Waals surface area contributed by atoms with E-state index in [9.17, 15) is 0 Å². The Kier molecular flexibility index (Phi) is 4.85. The van der Waals surface area contributed by atoms with E-state index in [1.54, 1.807) is 11.8 Å². The first kappa shape index (κ1) is 15.2. The number of benzene rings is 1. The number of H-pyrrole nitrogens is 1. The Morgan fingerprint density at radius 1 is 1.36 bits per heavy atom. The normalized spacial score (nSPS) is 11.0. The van der Waals surface area contributed by atoms with Crippen molar-refractivity contribution in [2.75, 3.05) is 5.75 Å². The average Bonchev–Trinajstić information content (AvgIpc) is 3.18. The van der Waals surface area contributed by atoms with Gasteiger partial charge in [0.1, 0.15) is 0 Å². The maximum atomic E-state index is 6.22. The Morgan fingerprint density at radius 3 is 3.09 bits per heavy atom. The Morgan fingerprint density at radius 2 is 2.27 bits per heavy atom. The van der Waals surface area contributed by atoms with Crippen LogP contribution in [0.4, 0.5) is 0 Å². The quantitative estimate of drug-likeness (QED) is 0.541. The predicted octanol–water partition coefficient (Wildman–Crippen LogP) is 4.28. The topological polar surface area (TPSA) is 46.5 Å². The van der Waals surface area contributed by atoms with Crippen LogP contribution in [0.3, 0.4) is 0 Å². The molecule has 1 aromatic carbocycles. The molecule has 0 radical (unpaired) electrons.